The summed E-state index contributed by atoms with van der Waals surface area (Å²) in [6.07, 6.45) is 0.823. The first-order valence-electron chi connectivity index (χ1n) is 6.42. The molecule has 0 saturated heterocycles. The molecule has 104 valence electrons. The molecule has 0 saturated carbocycles. The van der Waals surface area contributed by atoms with Gasteiger partial charge in [0.1, 0.15) is 12.1 Å². The van der Waals surface area contributed by atoms with Crippen molar-refractivity contribution in [3.05, 3.63) is 65.2 Å². The van der Waals surface area contributed by atoms with Crippen LogP contribution in [-0.4, -0.2) is 10.6 Å². The molecule has 2 aromatic carbocycles. The third kappa shape index (κ3) is 4.20. The highest BCUT2D eigenvalue weighted by molar-refractivity contribution is 8.16. The third-order valence-corrected chi connectivity index (χ3v) is 5.31. The molecule has 0 aliphatic rings. The minimum Gasteiger partial charge on any atom is -0.191 e. The van der Waals surface area contributed by atoms with Gasteiger partial charge in [-0.05, 0) is 35.9 Å². The van der Waals surface area contributed by atoms with Gasteiger partial charge in [0.05, 0.1) is 0 Å². The predicted octanol–water partition coefficient (Wildman–Crippen LogP) is 4.43. The van der Waals surface area contributed by atoms with E-state index < -0.39 is 10.5 Å². The molecule has 0 heterocycles. The number of halogens is 1. The lowest BCUT2D eigenvalue weighted by molar-refractivity contribution is 1.15. The van der Waals surface area contributed by atoms with Crippen molar-refractivity contribution in [2.24, 2.45) is 0 Å². The molecule has 1 atom stereocenters. The van der Waals surface area contributed by atoms with Crippen LogP contribution < -0.4 is 0 Å². The Morgan fingerprint density at radius 3 is 2.33 bits per heavy atom. The van der Waals surface area contributed by atoms with E-state index in [2.05, 4.69) is 12.1 Å². The van der Waals surface area contributed by atoms with Gasteiger partial charge in [0.25, 0.3) is 0 Å². The molecule has 4 heteroatoms. The monoisotopic (exact) mass is 312 g/mol. The van der Waals surface area contributed by atoms with Crippen molar-refractivity contribution in [2.75, 3.05) is 5.75 Å². The molecule has 0 spiro atoms. The Hall–Kier alpha value is -2.07. The summed E-state index contributed by atoms with van der Waals surface area (Å²) in [4.78, 5) is 1.20. The van der Waals surface area contributed by atoms with Crippen LogP contribution in [-0.2, 0) is 6.42 Å². The first kappa shape index (κ1) is 15.3. The average molecular weight is 313 g/mol. The Morgan fingerprint density at radius 2 is 1.71 bits per heavy atom. The Kier molecular flexibility index (Phi) is 5.58. The summed E-state index contributed by atoms with van der Waals surface area (Å²) in [6.45, 7) is 0. The van der Waals surface area contributed by atoms with Crippen LogP contribution in [0.2, 0.25) is 5.02 Å². The van der Waals surface area contributed by atoms with Crippen molar-refractivity contribution < 1.29 is 0 Å². The van der Waals surface area contributed by atoms with Crippen molar-refractivity contribution in [1.29, 1.82) is 10.5 Å². The van der Waals surface area contributed by atoms with Gasteiger partial charge in [-0.1, -0.05) is 48.0 Å². The highest BCUT2D eigenvalue weighted by atomic mass is 35.5. The van der Waals surface area contributed by atoms with E-state index in [0.717, 1.165) is 17.1 Å². The van der Waals surface area contributed by atoms with Crippen molar-refractivity contribution in [1.82, 2.24) is 0 Å². The molecule has 2 nitrogen and oxygen atoms in total. The van der Waals surface area contributed by atoms with E-state index in [0.29, 0.717) is 5.02 Å². The minimum absolute atomic E-state index is 0.258. The van der Waals surface area contributed by atoms with Crippen LogP contribution in [0.5, 0.6) is 0 Å². The van der Waals surface area contributed by atoms with Crippen molar-refractivity contribution in [3.63, 3.8) is 0 Å². The molecule has 21 heavy (non-hydrogen) atoms. The first-order chi connectivity index (χ1) is 10.2. The maximum absolute atomic E-state index is 9.19. The SMILES string of the molecule is N#CC(C#N)=S(CCc1ccccc1)c1cccc(Cl)c1. The zero-order valence-electron chi connectivity index (χ0n) is 11.3. The average Bonchev–Trinajstić information content (AvgIpc) is 2.52. The number of hydrogen-bond donors (Lipinski definition) is 0. The number of nitriles is 2. The summed E-state index contributed by atoms with van der Waals surface area (Å²) in [5.41, 5.74) is 1.20. The van der Waals surface area contributed by atoms with Gasteiger partial charge in [-0.25, -0.2) is 0 Å². The Bertz CT molecular complexity index is 723. The maximum atomic E-state index is 9.19. The Labute approximate surface area is 132 Å². The zero-order valence-corrected chi connectivity index (χ0v) is 12.9. The molecule has 0 N–H and O–H groups in total. The second-order valence-electron chi connectivity index (χ2n) is 4.34. The molecular weight excluding hydrogens is 300 g/mol. The molecule has 0 amide bonds. The summed E-state index contributed by atoms with van der Waals surface area (Å²) in [6, 6.07) is 21.5. The van der Waals surface area contributed by atoms with E-state index in [4.69, 9.17) is 11.6 Å². The van der Waals surface area contributed by atoms with E-state index in [9.17, 15) is 10.5 Å². The molecule has 2 aromatic rings. The molecule has 0 fully saturated rings. The van der Waals surface area contributed by atoms with Crippen LogP contribution in [0.1, 0.15) is 5.56 Å². The molecule has 0 radical (unpaired) electrons. The summed E-state index contributed by atoms with van der Waals surface area (Å²) in [5.74, 6) is 0.737. The normalized spacial score (nSPS) is 11.2. The van der Waals surface area contributed by atoms with Crippen molar-refractivity contribution in [3.8, 4) is 12.1 Å². The van der Waals surface area contributed by atoms with Crippen molar-refractivity contribution >= 4 is 26.9 Å². The molecule has 0 aromatic heterocycles. The zero-order chi connectivity index (χ0) is 15.1. The number of nitrogens with zero attached hydrogens (tertiary/aromatic N) is 2. The second-order valence-corrected chi connectivity index (χ2v) is 6.85. The van der Waals surface area contributed by atoms with E-state index >= 15 is 0 Å². The van der Waals surface area contributed by atoms with Gasteiger partial charge in [0.2, 0.25) is 0 Å². The van der Waals surface area contributed by atoms with Gasteiger partial charge in [0.15, 0.2) is 4.86 Å². The highest BCUT2D eigenvalue weighted by Crippen LogP contribution is 2.31. The van der Waals surface area contributed by atoms with Crippen LogP contribution in [0.15, 0.2) is 59.5 Å². The van der Waals surface area contributed by atoms with Gasteiger partial charge < -0.3 is 0 Å². The molecule has 0 aliphatic heterocycles. The summed E-state index contributed by atoms with van der Waals surface area (Å²) in [7, 11) is -0.526. The maximum Gasteiger partial charge on any atom is 0.157 e. The van der Waals surface area contributed by atoms with Crippen LogP contribution in [0.25, 0.3) is 0 Å². The standard InChI is InChI=1S/C17H13ClN2S/c18-15-7-4-8-16(11-15)21(17(12-19)13-20)10-9-14-5-2-1-3-6-14/h1-8,11H,9-10H2. The quantitative estimate of drug-likeness (QED) is 0.784. The fourth-order valence-corrected chi connectivity index (χ4v) is 4.06. The second kappa shape index (κ2) is 7.64. The van der Waals surface area contributed by atoms with E-state index in [1.165, 1.54) is 5.56 Å². The van der Waals surface area contributed by atoms with Crippen LogP contribution in [0.3, 0.4) is 0 Å². The molecule has 0 aliphatic carbocycles. The summed E-state index contributed by atoms with van der Waals surface area (Å²) >= 11 is 6.03. The Morgan fingerprint density at radius 1 is 1.00 bits per heavy atom. The molecule has 0 bridgehead atoms. The van der Waals surface area contributed by atoms with Gasteiger partial charge in [-0.15, -0.1) is 10.5 Å². The smallest absolute Gasteiger partial charge is 0.157 e. The molecular formula is C17H13ClN2S. The van der Waals surface area contributed by atoms with Gasteiger partial charge >= 0.3 is 0 Å². The van der Waals surface area contributed by atoms with Crippen LogP contribution >= 0.6 is 22.1 Å². The topological polar surface area (TPSA) is 47.6 Å². The first-order valence-corrected chi connectivity index (χ1v) is 8.19. The van der Waals surface area contributed by atoms with Crippen molar-refractivity contribution in [2.45, 2.75) is 11.3 Å². The summed E-state index contributed by atoms with van der Waals surface area (Å²) < 4.78 is 0. The number of benzene rings is 2. The molecule has 2 rings (SSSR count). The van der Waals surface area contributed by atoms with Crippen LogP contribution in [0.4, 0.5) is 0 Å². The largest absolute Gasteiger partial charge is 0.191 e. The highest BCUT2D eigenvalue weighted by Gasteiger charge is 2.08. The number of rotatable bonds is 4. The lowest BCUT2D eigenvalue weighted by atomic mass is 10.2. The fourth-order valence-electron chi connectivity index (χ4n) is 1.96. The van der Waals surface area contributed by atoms with E-state index in [1.807, 2.05) is 48.5 Å². The lowest BCUT2D eigenvalue weighted by Gasteiger charge is -2.10. The van der Waals surface area contributed by atoms with Crippen LogP contribution in [0, 0.1) is 22.7 Å². The Balaban J connectivity index is 2.33. The fraction of sp³-hybridized carbons (Fsp3) is 0.118. The lowest BCUT2D eigenvalue weighted by Crippen LogP contribution is -1.98. The predicted molar refractivity (Wildman–Crippen MR) is 88.6 cm³/mol. The third-order valence-electron chi connectivity index (χ3n) is 2.97. The number of hydrogen-bond acceptors (Lipinski definition) is 2. The van der Waals surface area contributed by atoms with E-state index in [1.54, 1.807) is 6.07 Å². The van der Waals surface area contributed by atoms with E-state index in [-0.39, 0.29) is 4.86 Å². The van der Waals surface area contributed by atoms with Gasteiger partial charge in [-0.3, -0.25) is 0 Å². The van der Waals surface area contributed by atoms with Gasteiger partial charge in [-0.2, -0.15) is 10.5 Å². The number of aryl methyl sites for hydroxylation is 1. The van der Waals surface area contributed by atoms with Gasteiger partial charge in [0, 0.05) is 9.92 Å². The molecule has 1 unspecified atom stereocenters. The minimum atomic E-state index is -0.526. The summed E-state index contributed by atoms with van der Waals surface area (Å²) in [5, 5.41) is 19.0.